The molecular weight excluding hydrogens is 354 g/mol. The number of benzene rings is 2. The smallest absolute Gasteiger partial charge is 0.251 e. The van der Waals surface area contributed by atoms with E-state index in [0.29, 0.717) is 16.9 Å². The molecule has 3 rings (SSSR count). The zero-order chi connectivity index (χ0) is 18.6. The molecular formula is C18H19N3O4S. The van der Waals surface area contributed by atoms with Crippen molar-refractivity contribution in [3.05, 3.63) is 65.5 Å². The van der Waals surface area contributed by atoms with Gasteiger partial charge in [0.2, 0.25) is 15.9 Å². The number of aromatic nitrogens is 2. The predicted molar refractivity (Wildman–Crippen MR) is 96.9 cm³/mol. The van der Waals surface area contributed by atoms with E-state index in [-0.39, 0.29) is 24.1 Å². The van der Waals surface area contributed by atoms with Crippen LogP contribution in [-0.4, -0.2) is 25.7 Å². The van der Waals surface area contributed by atoms with Crippen molar-refractivity contribution < 1.29 is 17.6 Å². The maximum absolute atomic E-state index is 12.2. The first-order chi connectivity index (χ1) is 12.5. The van der Waals surface area contributed by atoms with Crippen LogP contribution in [-0.2, 0) is 22.3 Å². The van der Waals surface area contributed by atoms with E-state index in [4.69, 9.17) is 9.15 Å². The molecule has 0 spiro atoms. The van der Waals surface area contributed by atoms with Gasteiger partial charge in [0, 0.05) is 0 Å². The number of nitrogens with one attached hydrogen (secondary N) is 1. The molecule has 0 atom stereocenters. The Bertz CT molecular complexity index is 982. The monoisotopic (exact) mass is 373 g/mol. The topological polar surface area (TPSA) is 94.3 Å². The van der Waals surface area contributed by atoms with E-state index in [2.05, 4.69) is 14.9 Å². The van der Waals surface area contributed by atoms with E-state index in [1.165, 1.54) is 0 Å². The lowest BCUT2D eigenvalue weighted by Crippen LogP contribution is -2.24. The molecule has 0 unspecified atom stereocenters. The molecule has 0 radical (unpaired) electrons. The summed E-state index contributed by atoms with van der Waals surface area (Å²) in [7, 11) is -1.97. The van der Waals surface area contributed by atoms with Gasteiger partial charge >= 0.3 is 0 Å². The van der Waals surface area contributed by atoms with Crippen molar-refractivity contribution in [2.75, 3.05) is 7.11 Å². The van der Waals surface area contributed by atoms with E-state index in [1.54, 1.807) is 31.4 Å². The van der Waals surface area contributed by atoms with Crippen molar-refractivity contribution in [2.24, 2.45) is 0 Å². The number of aryl methyl sites for hydroxylation is 1. The van der Waals surface area contributed by atoms with Crippen molar-refractivity contribution in [2.45, 2.75) is 19.2 Å². The highest BCUT2D eigenvalue weighted by atomic mass is 32.2. The third kappa shape index (κ3) is 4.47. The first-order valence-electron chi connectivity index (χ1n) is 7.95. The van der Waals surface area contributed by atoms with Gasteiger partial charge in [-0.3, -0.25) is 0 Å². The normalized spacial score (nSPS) is 11.5. The zero-order valence-corrected chi connectivity index (χ0v) is 15.3. The predicted octanol–water partition coefficient (Wildman–Crippen LogP) is 2.67. The highest BCUT2D eigenvalue weighted by Gasteiger charge is 2.16. The van der Waals surface area contributed by atoms with Crippen LogP contribution >= 0.6 is 0 Å². The SMILES string of the molecule is COc1ccccc1-c1nnc(CNS(=O)(=O)Cc2ccc(C)cc2)o1. The average molecular weight is 373 g/mol. The van der Waals surface area contributed by atoms with Gasteiger partial charge in [-0.25, -0.2) is 13.1 Å². The van der Waals surface area contributed by atoms with Gasteiger partial charge in [-0.15, -0.1) is 10.2 Å². The second-order valence-electron chi connectivity index (χ2n) is 5.77. The Kier molecular flexibility index (Phi) is 5.34. The summed E-state index contributed by atoms with van der Waals surface area (Å²) in [5, 5.41) is 7.85. The Balaban J connectivity index is 1.66. The zero-order valence-electron chi connectivity index (χ0n) is 14.5. The number of rotatable bonds is 7. The summed E-state index contributed by atoms with van der Waals surface area (Å²) in [4.78, 5) is 0. The molecule has 0 saturated carbocycles. The second kappa shape index (κ2) is 7.67. The molecule has 2 aromatic carbocycles. The minimum Gasteiger partial charge on any atom is -0.496 e. The standard InChI is InChI=1S/C18H19N3O4S/c1-13-7-9-14(10-8-13)12-26(22,23)19-11-17-20-21-18(25-17)15-5-3-4-6-16(15)24-2/h3-10,19H,11-12H2,1-2H3. The van der Waals surface area contributed by atoms with Gasteiger partial charge in [-0.1, -0.05) is 42.0 Å². The maximum Gasteiger partial charge on any atom is 0.251 e. The fourth-order valence-corrected chi connectivity index (χ4v) is 3.46. The summed E-state index contributed by atoms with van der Waals surface area (Å²) in [5.41, 5.74) is 2.44. The van der Waals surface area contributed by atoms with Crippen molar-refractivity contribution in [1.29, 1.82) is 0 Å². The molecule has 8 heteroatoms. The minimum absolute atomic E-state index is 0.0731. The molecule has 1 aromatic heterocycles. The summed E-state index contributed by atoms with van der Waals surface area (Å²) < 4.78 is 37.7. The Hall–Kier alpha value is -2.71. The molecule has 0 amide bonds. The fraction of sp³-hybridized carbons (Fsp3) is 0.222. The first-order valence-corrected chi connectivity index (χ1v) is 9.61. The summed E-state index contributed by atoms with van der Waals surface area (Å²) in [5.74, 6) is 0.942. The lowest BCUT2D eigenvalue weighted by atomic mass is 10.2. The molecule has 0 aliphatic heterocycles. The molecule has 7 nitrogen and oxygen atoms in total. The van der Waals surface area contributed by atoms with E-state index in [1.807, 2.05) is 31.2 Å². The van der Waals surface area contributed by atoms with Crippen LogP contribution in [0.25, 0.3) is 11.5 Å². The van der Waals surface area contributed by atoms with Crippen molar-refractivity contribution in [3.63, 3.8) is 0 Å². The summed E-state index contributed by atoms with van der Waals surface area (Å²) in [6.07, 6.45) is 0. The van der Waals surface area contributed by atoms with Crippen LogP contribution in [0.15, 0.2) is 52.9 Å². The lowest BCUT2D eigenvalue weighted by molar-refractivity contribution is 0.413. The first kappa shape index (κ1) is 18.1. The van der Waals surface area contributed by atoms with Crippen LogP contribution in [0.3, 0.4) is 0 Å². The van der Waals surface area contributed by atoms with E-state index < -0.39 is 10.0 Å². The van der Waals surface area contributed by atoms with Gasteiger partial charge in [-0.2, -0.15) is 0 Å². The number of para-hydroxylation sites is 1. The Morgan fingerprint density at radius 3 is 2.54 bits per heavy atom. The molecule has 0 fully saturated rings. The second-order valence-corrected chi connectivity index (χ2v) is 7.57. The number of ether oxygens (including phenoxy) is 1. The van der Waals surface area contributed by atoms with Crippen LogP contribution in [0.5, 0.6) is 5.75 Å². The molecule has 26 heavy (non-hydrogen) atoms. The van der Waals surface area contributed by atoms with Crippen LogP contribution in [0.2, 0.25) is 0 Å². The van der Waals surface area contributed by atoms with E-state index >= 15 is 0 Å². The van der Waals surface area contributed by atoms with Gasteiger partial charge in [0.25, 0.3) is 5.89 Å². The number of hydrogen-bond acceptors (Lipinski definition) is 6. The summed E-state index contributed by atoms with van der Waals surface area (Å²) in [6, 6.07) is 14.6. The fourth-order valence-electron chi connectivity index (χ4n) is 2.38. The van der Waals surface area contributed by atoms with Crippen molar-refractivity contribution >= 4 is 10.0 Å². The summed E-state index contributed by atoms with van der Waals surface area (Å²) >= 11 is 0. The van der Waals surface area contributed by atoms with Crippen LogP contribution in [0, 0.1) is 6.92 Å². The molecule has 1 N–H and O–H groups in total. The van der Waals surface area contributed by atoms with Crippen LogP contribution in [0.4, 0.5) is 0 Å². The number of sulfonamides is 1. The number of nitrogens with zero attached hydrogens (tertiary/aromatic N) is 2. The molecule has 0 saturated heterocycles. The average Bonchev–Trinajstić information content (AvgIpc) is 3.11. The molecule has 0 bridgehead atoms. The van der Waals surface area contributed by atoms with Crippen molar-refractivity contribution in [3.8, 4) is 17.2 Å². The van der Waals surface area contributed by atoms with Gasteiger partial charge in [-0.05, 0) is 24.6 Å². The molecule has 136 valence electrons. The van der Waals surface area contributed by atoms with Gasteiger partial charge in [0.05, 0.1) is 25.0 Å². The van der Waals surface area contributed by atoms with Gasteiger partial charge in [0.15, 0.2) is 0 Å². The third-order valence-electron chi connectivity index (χ3n) is 3.72. The van der Waals surface area contributed by atoms with Crippen molar-refractivity contribution in [1.82, 2.24) is 14.9 Å². The van der Waals surface area contributed by atoms with Gasteiger partial charge < -0.3 is 9.15 Å². The van der Waals surface area contributed by atoms with Gasteiger partial charge in [0.1, 0.15) is 5.75 Å². The third-order valence-corrected chi connectivity index (χ3v) is 5.02. The Morgan fingerprint density at radius 2 is 1.81 bits per heavy atom. The largest absolute Gasteiger partial charge is 0.496 e. The lowest BCUT2D eigenvalue weighted by Gasteiger charge is -2.05. The minimum atomic E-state index is -3.52. The molecule has 1 heterocycles. The molecule has 0 aliphatic rings. The number of methoxy groups -OCH3 is 1. The van der Waals surface area contributed by atoms with E-state index in [0.717, 1.165) is 5.56 Å². The quantitative estimate of drug-likeness (QED) is 0.684. The Morgan fingerprint density at radius 1 is 1.08 bits per heavy atom. The van der Waals surface area contributed by atoms with Crippen LogP contribution < -0.4 is 9.46 Å². The van der Waals surface area contributed by atoms with E-state index in [9.17, 15) is 8.42 Å². The maximum atomic E-state index is 12.2. The number of hydrogen-bond donors (Lipinski definition) is 1. The highest BCUT2D eigenvalue weighted by molar-refractivity contribution is 7.88. The molecule has 0 aliphatic carbocycles. The molecule has 3 aromatic rings. The summed E-state index contributed by atoms with van der Waals surface area (Å²) in [6.45, 7) is 1.88. The van der Waals surface area contributed by atoms with Crippen LogP contribution in [0.1, 0.15) is 17.0 Å². The Labute approximate surface area is 152 Å². The highest BCUT2D eigenvalue weighted by Crippen LogP contribution is 2.28.